The van der Waals surface area contributed by atoms with E-state index in [0.717, 1.165) is 51.3 Å². The summed E-state index contributed by atoms with van der Waals surface area (Å²) in [4.78, 5) is 16.6. The van der Waals surface area contributed by atoms with Gasteiger partial charge in [0.15, 0.2) is 0 Å². The number of carbonyl (C=O) groups excluding carboxylic acids is 1. The van der Waals surface area contributed by atoms with Crippen LogP contribution in [0.3, 0.4) is 0 Å². The molecule has 2 fully saturated rings. The third kappa shape index (κ3) is 2.87. The van der Waals surface area contributed by atoms with Gasteiger partial charge in [-0.1, -0.05) is 0 Å². The Labute approximate surface area is 157 Å². The molecule has 1 saturated heterocycles. The molecule has 0 aromatic carbocycles. The maximum atomic E-state index is 12.5. The summed E-state index contributed by atoms with van der Waals surface area (Å²) in [6, 6.07) is 2.54. The lowest BCUT2D eigenvalue weighted by atomic mass is 9.89. The molecule has 0 bridgehead atoms. The normalized spacial score (nSPS) is 25.6. The molecule has 6 nitrogen and oxygen atoms in total. The van der Waals surface area contributed by atoms with Gasteiger partial charge < -0.3 is 9.88 Å². The van der Waals surface area contributed by atoms with Crippen molar-refractivity contribution in [2.75, 3.05) is 13.1 Å². The maximum Gasteiger partial charge on any atom is 0.289 e. The highest BCUT2D eigenvalue weighted by atomic mass is 32.1. The quantitative estimate of drug-likeness (QED) is 0.895. The van der Waals surface area contributed by atoms with Gasteiger partial charge in [-0.05, 0) is 55.0 Å². The molecular weight excluding hydrogens is 346 g/mol. The van der Waals surface area contributed by atoms with Gasteiger partial charge in [0.05, 0.1) is 0 Å². The molecule has 5 rings (SSSR count). The summed E-state index contributed by atoms with van der Waals surface area (Å²) in [5, 5.41) is 13.8. The summed E-state index contributed by atoms with van der Waals surface area (Å²) in [6.45, 7) is 6.34. The standard InChI is InChI=1S/C19H25N5OS/c1-12-5-6-26-16(12)11-23-8-13-7-17-21-22-18(24(17)10-14(13)9-23)19(25)20-15-3-2-4-15/h5-6,13-15H,2-4,7-11H2,1H3,(H,20,25)/t13-,14+/m1/s1. The lowest BCUT2D eigenvalue weighted by molar-refractivity contribution is 0.0898. The van der Waals surface area contributed by atoms with Gasteiger partial charge in [-0.15, -0.1) is 21.5 Å². The highest BCUT2D eigenvalue weighted by Crippen LogP contribution is 2.34. The van der Waals surface area contributed by atoms with E-state index in [1.54, 1.807) is 0 Å². The van der Waals surface area contributed by atoms with Gasteiger partial charge in [-0.25, -0.2) is 0 Å². The number of thiophene rings is 1. The molecule has 0 unspecified atom stereocenters. The molecule has 1 N–H and O–H groups in total. The molecule has 2 aliphatic heterocycles. The summed E-state index contributed by atoms with van der Waals surface area (Å²) < 4.78 is 2.08. The van der Waals surface area contributed by atoms with Crippen molar-refractivity contribution in [1.29, 1.82) is 0 Å². The van der Waals surface area contributed by atoms with Crippen LogP contribution in [0, 0.1) is 18.8 Å². The van der Waals surface area contributed by atoms with Crippen LogP contribution in [0.1, 0.15) is 46.1 Å². The van der Waals surface area contributed by atoms with E-state index in [2.05, 4.69) is 43.4 Å². The number of amides is 1. The van der Waals surface area contributed by atoms with Gasteiger partial charge in [0.25, 0.3) is 5.91 Å². The third-order valence-corrected chi connectivity index (χ3v) is 7.33. The largest absolute Gasteiger partial charge is 0.347 e. The van der Waals surface area contributed by atoms with Gasteiger partial charge in [0.1, 0.15) is 5.82 Å². The Morgan fingerprint density at radius 2 is 2.12 bits per heavy atom. The number of hydrogen-bond acceptors (Lipinski definition) is 5. The Morgan fingerprint density at radius 1 is 1.27 bits per heavy atom. The molecule has 138 valence electrons. The molecule has 3 aliphatic rings. The Balaban J connectivity index is 1.28. The minimum atomic E-state index is -0.0454. The highest BCUT2D eigenvalue weighted by Gasteiger charge is 2.39. The maximum absolute atomic E-state index is 12.5. The van der Waals surface area contributed by atoms with Crippen LogP contribution in [-0.4, -0.2) is 44.7 Å². The van der Waals surface area contributed by atoms with Crippen LogP contribution >= 0.6 is 11.3 Å². The van der Waals surface area contributed by atoms with E-state index >= 15 is 0 Å². The molecule has 2 aromatic rings. The van der Waals surface area contributed by atoms with Crippen LogP contribution in [0.25, 0.3) is 0 Å². The van der Waals surface area contributed by atoms with Crippen LogP contribution in [-0.2, 0) is 19.5 Å². The molecule has 2 atom stereocenters. The Bertz CT molecular complexity index is 824. The molecule has 1 amide bonds. The fourth-order valence-corrected chi connectivity index (χ4v) is 5.44. The van der Waals surface area contributed by atoms with Crippen molar-refractivity contribution >= 4 is 17.2 Å². The zero-order chi connectivity index (χ0) is 17.7. The molecule has 4 heterocycles. The van der Waals surface area contributed by atoms with E-state index in [-0.39, 0.29) is 5.91 Å². The predicted octanol–water partition coefficient (Wildman–Crippen LogP) is 2.23. The summed E-state index contributed by atoms with van der Waals surface area (Å²) in [6.07, 6.45) is 4.34. The molecule has 1 aliphatic carbocycles. The van der Waals surface area contributed by atoms with E-state index in [1.807, 2.05) is 11.3 Å². The number of rotatable bonds is 4. The number of aryl methyl sites for hydroxylation is 1. The van der Waals surface area contributed by atoms with Crippen molar-refractivity contribution in [3.05, 3.63) is 33.5 Å². The first-order chi connectivity index (χ1) is 12.7. The smallest absolute Gasteiger partial charge is 0.289 e. The van der Waals surface area contributed by atoms with E-state index in [4.69, 9.17) is 0 Å². The second kappa shape index (κ2) is 6.46. The highest BCUT2D eigenvalue weighted by molar-refractivity contribution is 7.10. The second-order valence-corrected chi connectivity index (χ2v) is 9.10. The van der Waals surface area contributed by atoms with Crippen LogP contribution in [0.5, 0.6) is 0 Å². The molecular formula is C19H25N5OS. The first-order valence-corrected chi connectivity index (χ1v) is 10.5. The van der Waals surface area contributed by atoms with Gasteiger partial charge >= 0.3 is 0 Å². The van der Waals surface area contributed by atoms with E-state index in [1.165, 1.54) is 16.9 Å². The van der Waals surface area contributed by atoms with Gasteiger partial charge in [0, 0.05) is 43.5 Å². The first kappa shape index (κ1) is 16.4. The van der Waals surface area contributed by atoms with Crippen molar-refractivity contribution in [1.82, 2.24) is 25.0 Å². The van der Waals surface area contributed by atoms with Crippen molar-refractivity contribution < 1.29 is 4.79 Å². The summed E-state index contributed by atoms with van der Waals surface area (Å²) in [5.74, 6) is 2.68. The number of carbonyl (C=O) groups is 1. The third-order valence-electron chi connectivity index (χ3n) is 6.32. The van der Waals surface area contributed by atoms with Crippen molar-refractivity contribution in [3.63, 3.8) is 0 Å². The number of fused-ring (bicyclic) bond motifs is 2. The Hall–Kier alpha value is -1.73. The van der Waals surface area contributed by atoms with E-state index < -0.39 is 0 Å². The number of nitrogens with zero attached hydrogens (tertiary/aromatic N) is 4. The van der Waals surface area contributed by atoms with E-state index in [0.29, 0.717) is 23.7 Å². The summed E-state index contributed by atoms with van der Waals surface area (Å²) in [5.41, 5.74) is 1.40. The van der Waals surface area contributed by atoms with Gasteiger partial charge in [-0.3, -0.25) is 9.69 Å². The Kier molecular flexibility index (Phi) is 4.09. The predicted molar refractivity (Wildman–Crippen MR) is 100 cm³/mol. The number of nitrogens with one attached hydrogen (secondary N) is 1. The average Bonchev–Trinajstić information content (AvgIpc) is 3.27. The van der Waals surface area contributed by atoms with Crippen LogP contribution in [0.4, 0.5) is 0 Å². The lowest BCUT2D eigenvalue weighted by Gasteiger charge is -2.28. The molecule has 7 heteroatoms. The monoisotopic (exact) mass is 371 g/mol. The Morgan fingerprint density at radius 3 is 2.85 bits per heavy atom. The zero-order valence-corrected chi connectivity index (χ0v) is 16.0. The lowest BCUT2D eigenvalue weighted by Crippen LogP contribution is -2.41. The van der Waals surface area contributed by atoms with Crippen molar-refractivity contribution in [2.45, 2.75) is 51.7 Å². The number of hydrogen-bond donors (Lipinski definition) is 1. The minimum absolute atomic E-state index is 0.0454. The molecule has 0 radical (unpaired) electrons. The van der Waals surface area contributed by atoms with Crippen molar-refractivity contribution in [3.8, 4) is 0 Å². The fourth-order valence-electron chi connectivity index (χ4n) is 4.49. The number of aromatic nitrogens is 3. The first-order valence-electron chi connectivity index (χ1n) is 9.65. The SMILES string of the molecule is Cc1ccsc1CN1C[C@H]2Cc3nnc(C(=O)NC4CCC4)n3C[C@@H]2C1. The van der Waals surface area contributed by atoms with Crippen LogP contribution in [0.2, 0.25) is 0 Å². The van der Waals surface area contributed by atoms with Gasteiger partial charge in [-0.2, -0.15) is 0 Å². The van der Waals surface area contributed by atoms with Gasteiger partial charge in [0.2, 0.25) is 5.82 Å². The molecule has 0 spiro atoms. The fraction of sp³-hybridized carbons (Fsp3) is 0.632. The number of likely N-dealkylation sites (tertiary alicyclic amines) is 1. The summed E-state index contributed by atoms with van der Waals surface area (Å²) >= 11 is 1.86. The summed E-state index contributed by atoms with van der Waals surface area (Å²) in [7, 11) is 0. The second-order valence-electron chi connectivity index (χ2n) is 8.10. The van der Waals surface area contributed by atoms with Crippen molar-refractivity contribution in [2.24, 2.45) is 11.8 Å². The zero-order valence-electron chi connectivity index (χ0n) is 15.1. The average molecular weight is 372 g/mol. The van der Waals surface area contributed by atoms with Crippen LogP contribution in [0.15, 0.2) is 11.4 Å². The topological polar surface area (TPSA) is 63.1 Å². The minimum Gasteiger partial charge on any atom is -0.347 e. The molecule has 26 heavy (non-hydrogen) atoms. The van der Waals surface area contributed by atoms with E-state index in [9.17, 15) is 4.79 Å². The molecule has 1 saturated carbocycles. The molecule has 2 aromatic heterocycles. The van der Waals surface area contributed by atoms with Crippen LogP contribution < -0.4 is 5.32 Å².